The van der Waals surface area contributed by atoms with E-state index in [2.05, 4.69) is 28.5 Å². The first kappa shape index (κ1) is 18.7. The molecule has 1 unspecified atom stereocenters. The zero-order valence-corrected chi connectivity index (χ0v) is 15.7. The fourth-order valence-corrected chi connectivity index (χ4v) is 3.78. The highest BCUT2D eigenvalue weighted by molar-refractivity contribution is 5.65. The molecule has 1 atom stereocenters. The molecule has 0 spiro atoms. The Kier molecular flexibility index (Phi) is 5.72. The minimum Gasteiger partial charge on any atom is -0.493 e. The number of aromatic amines is 1. The van der Waals surface area contributed by atoms with E-state index in [1.807, 2.05) is 18.5 Å². The summed E-state index contributed by atoms with van der Waals surface area (Å²) >= 11 is 0. The zero-order valence-electron chi connectivity index (χ0n) is 15.7. The van der Waals surface area contributed by atoms with Gasteiger partial charge in [-0.25, -0.2) is 8.78 Å². The van der Waals surface area contributed by atoms with Gasteiger partial charge in [-0.05, 0) is 72.8 Å². The van der Waals surface area contributed by atoms with Crippen LogP contribution in [0.4, 0.5) is 8.78 Å². The smallest absolute Gasteiger partial charge is 0.126 e. The van der Waals surface area contributed by atoms with Gasteiger partial charge < -0.3 is 15.0 Å². The van der Waals surface area contributed by atoms with Gasteiger partial charge in [0.25, 0.3) is 0 Å². The number of hydrogen-bond donors (Lipinski definition) is 2. The highest BCUT2D eigenvalue weighted by Crippen LogP contribution is 2.35. The fraction of sp³-hybridized carbons (Fsp3) is 0.304. The number of ether oxygens (including phenoxy) is 1. The van der Waals surface area contributed by atoms with Crippen molar-refractivity contribution >= 4 is 0 Å². The van der Waals surface area contributed by atoms with Gasteiger partial charge in [-0.3, -0.25) is 0 Å². The fourth-order valence-electron chi connectivity index (χ4n) is 3.78. The van der Waals surface area contributed by atoms with Crippen LogP contribution in [0.2, 0.25) is 0 Å². The van der Waals surface area contributed by atoms with E-state index in [9.17, 15) is 8.78 Å². The monoisotopic (exact) mass is 382 g/mol. The lowest BCUT2D eigenvalue weighted by Crippen LogP contribution is -2.28. The molecule has 4 rings (SSSR count). The number of H-pyrrole nitrogens is 1. The summed E-state index contributed by atoms with van der Waals surface area (Å²) in [6.45, 7) is 1.56. The van der Waals surface area contributed by atoms with Crippen LogP contribution in [0.15, 0.2) is 54.9 Å². The van der Waals surface area contributed by atoms with Crippen molar-refractivity contribution in [1.29, 1.82) is 0 Å². The third-order valence-corrected chi connectivity index (χ3v) is 5.19. The standard InChI is InChI=1S/C23H24F2N2O/c24-19-11-16(12-20(25)14-19)3-1-2-8-27-22-7-10-28-23-5-4-17(13-21(22)23)18-6-9-26-15-18/h4-6,9,11-15,22,26-27H,1-3,7-8,10H2. The van der Waals surface area contributed by atoms with Crippen LogP contribution >= 0.6 is 0 Å². The Morgan fingerprint density at radius 1 is 1.00 bits per heavy atom. The SMILES string of the molecule is Fc1cc(F)cc(CCCCNC2CCOc3ccc(-c4cc[nH]c4)cc32)c1. The van der Waals surface area contributed by atoms with Crippen molar-refractivity contribution in [2.24, 2.45) is 0 Å². The van der Waals surface area contributed by atoms with Gasteiger partial charge in [0.1, 0.15) is 17.4 Å². The first-order valence-corrected chi connectivity index (χ1v) is 9.77. The predicted octanol–water partition coefficient (Wildman–Crippen LogP) is 5.40. The lowest BCUT2D eigenvalue weighted by Gasteiger charge is -2.27. The van der Waals surface area contributed by atoms with E-state index in [1.54, 1.807) is 0 Å². The van der Waals surface area contributed by atoms with Crippen LogP contribution in [-0.2, 0) is 6.42 Å². The minimum atomic E-state index is -0.509. The molecular weight excluding hydrogens is 358 g/mol. The lowest BCUT2D eigenvalue weighted by atomic mass is 9.96. The molecule has 1 aliphatic rings. The summed E-state index contributed by atoms with van der Waals surface area (Å²) < 4.78 is 32.3. The minimum absolute atomic E-state index is 0.259. The van der Waals surface area contributed by atoms with E-state index >= 15 is 0 Å². The number of benzene rings is 2. The molecule has 2 heterocycles. The Morgan fingerprint density at radius 3 is 2.64 bits per heavy atom. The number of aromatic nitrogens is 1. The summed E-state index contributed by atoms with van der Waals surface area (Å²) in [5.74, 6) is -0.0754. The van der Waals surface area contributed by atoms with E-state index in [1.165, 1.54) is 23.3 Å². The third-order valence-electron chi connectivity index (χ3n) is 5.19. The maximum absolute atomic E-state index is 13.3. The molecule has 3 aromatic rings. The van der Waals surface area contributed by atoms with Crippen molar-refractivity contribution < 1.29 is 13.5 Å². The molecule has 2 aromatic carbocycles. The molecule has 0 fully saturated rings. The van der Waals surface area contributed by atoms with Crippen molar-refractivity contribution in [2.45, 2.75) is 31.7 Å². The molecule has 0 amide bonds. The molecule has 1 aromatic heterocycles. The van der Waals surface area contributed by atoms with Crippen LogP contribution < -0.4 is 10.1 Å². The maximum atomic E-state index is 13.3. The Bertz CT molecular complexity index is 904. The van der Waals surface area contributed by atoms with Crippen LogP contribution in [0.3, 0.4) is 0 Å². The Hall–Kier alpha value is -2.66. The van der Waals surface area contributed by atoms with E-state index in [0.29, 0.717) is 18.6 Å². The zero-order chi connectivity index (χ0) is 19.3. The van der Waals surface area contributed by atoms with Crippen LogP contribution in [-0.4, -0.2) is 18.1 Å². The van der Waals surface area contributed by atoms with Crippen LogP contribution in [0.5, 0.6) is 5.75 Å². The average molecular weight is 382 g/mol. The van der Waals surface area contributed by atoms with Gasteiger partial charge in [0, 0.05) is 36.5 Å². The molecule has 146 valence electrons. The summed E-state index contributed by atoms with van der Waals surface area (Å²) in [4.78, 5) is 3.09. The molecule has 5 heteroatoms. The van der Waals surface area contributed by atoms with E-state index in [-0.39, 0.29) is 6.04 Å². The van der Waals surface area contributed by atoms with Gasteiger partial charge in [0.2, 0.25) is 0 Å². The molecule has 0 aliphatic carbocycles. The van der Waals surface area contributed by atoms with Gasteiger partial charge >= 0.3 is 0 Å². The topological polar surface area (TPSA) is 37.0 Å². The molecule has 0 saturated carbocycles. The molecule has 3 nitrogen and oxygen atoms in total. The summed E-state index contributed by atoms with van der Waals surface area (Å²) in [7, 11) is 0. The highest BCUT2D eigenvalue weighted by Gasteiger charge is 2.21. The number of hydrogen-bond acceptors (Lipinski definition) is 2. The van der Waals surface area contributed by atoms with Crippen LogP contribution in [0, 0.1) is 11.6 Å². The first-order chi connectivity index (χ1) is 13.7. The van der Waals surface area contributed by atoms with Gasteiger partial charge in [-0.2, -0.15) is 0 Å². The Labute approximate surface area is 163 Å². The van der Waals surface area contributed by atoms with Crippen molar-refractivity contribution in [2.75, 3.05) is 13.2 Å². The van der Waals surface area contributed by atoms with Crippen LogP contribution in [0.1, 0.15) is 36.4 Å². The number of aryl methyl sites for hydroxylation is 1. The number of nitrogens with one attached hydrogen (secondary N) is 2. The summed E-state index contributed by atoms with van der Waals surface area (Å²) in [6, 6.07) is 12.4. The number of unbranched alkanes of at least 4 members (excludes halogenated alkanes) is 1. The second-order valence-electron chi connectivity index (χ2n) is 7.23. The summed E-state index contributed by atoms with van der Waals surface area (Å²) in [6.07, 6.45) is 7.35. The molecule has 0 radical (unpaired) electrons. The Morgan fingerprint density at radius 2 is 1.86 bits per heavy atom. The van der Waals surface area contributed by atoms with E-state index in [4.69, 9.17) is 4.74 Å². The quantitative estimate of drug-likeness (QED) is 0.537. The number of rotatable bonds is 7. The predicted molar refractivity (Wildman–Crippen MR) is 106 cm³/mol. The lowest BCUT2D eigenvalue weighted by molar-refractivity contribution is 0.252. The van der Waals surface area contributed by atoms with Gasteiger partial charge in [-0.1, -0.05) is 6.07 Å². The van der Waals surface area contributed by atoms with Gasteiger partial charge in [0.15, 0.2) is 0 Å². The molecular formula is C23H24F2N2O. The van der Waals surface area contributed by atoms with Crippen molar-refractivity contribution in [3.63, 3.8) is 0 Å². The Balaban J connectivity index is 1.33. The molecule has 0 saturated heterocycles. The molecule has 0 bridgehead atoms. The number of fused-ring (bicyclic) bond motifs is 1. The summed E-state index contributed by atoms with van der Waals surface area (Å²) in [5, 5.41) is 3.62. The first-order valence-electron chi connectivity index (χ1n) is 9.77. The molecule has 2 N–H and O–H groups in total. The van der Waals surface area contributed by atoms with E-state index < -0.39 is 11.6 Å². The van der Waals surface area contributed by atoms with Gasteiger partial charge in [0.05, 0.1) is 6.61 Å². The molecule has 1 aliphatic heterocycles. The van der Waals surface area contributed by atoms with Crippen LogP contribution in [0.25, 0.3) is 11.1 Å². The van der Waals surface area contributed by atoms with E-state index in [0.717, 1.165) is 43.2 Å². The third kappa shape index (κ3) is 4.42. The largest absolute Gasteiger partial charge is 0.493 e. The van der Waals surface area contributed by atoms with Gasteiger partial charge in [-0.15, -0.1) is 0 Å². The summed E-state index contributed by atoms with van der Waals surface area (Å²) in [5.41, 5.74) is 4.24. The average Bonchev–Trinajstić information content (AvgIpc) is 3.21. The van der Waals surface area contributed by atoms with Crippen molar-refractivity contribution in [3.8, 4) is 16.9 Å². The highest BCUT2D eigenvalue weighted by atomic mass is 19.1. The normalized spacial score (nSPS) is 15.9. The second-order valence-corrected chi connectivity index (χ2v) is 7.23. The maximum Gasteiger partial charge on any atom is 0.126 e. The second kappa shape index (κ2) is 8.57. The van der Waals surface area contributed by atoms with Crippen molar-refractivity contribution in [1.82, 2.24) is 10.3 Å². The molecule has 28 heavy (non-hydrogen) atoms. The number of halogens is 2. The van der Waals surface area contributed by atoms with Crippen molar-refractivity contribution in [3.05, 3.63) is 77.6 Å².